The maximum Gasteiger partial charge on any atom is 0.332 e. The number of carbonyl (C=O) groups excluding carboxylic acids is 1. The van der Waals surface area contributed by atoms with Crippen LogP contribution < -0.4 is 26.0 Å². The van der Waals surface area contributed by atoms with Gasteiger partial charge in [-0.3, -0.25) is 18.7 Å². The first kappa shape index (κ1) is 22.3. The molecule has 1 N–H and O–H groups in total. The van der Waals surface area contributed by atoms with E-state index in [1.54, 1.807) is 48.9 Å². The minimum atomic E-state index is -0.544. The highest BCUT2D eigenvalue weighted by Gasteiger charge is 2.17. The standard InChI is InChI=1S/C24H23N3O5S/c1-3-32-19-6-4-5-16(13-19)14-27-23(29)22-20(11-12-33-22)26(24(27)30)15-21(28)25-17-7-9-18(31-2)10-8-17/h4-13H,3,14-15H2,1-2H3,(H,25,28). The first-order chi connectivity index (χ1) is 16.0. The van der Waals surface area contributed by atoms with Gasteiger partial charge in [0.25, 0.3) is 5.56 Å². The van der Waals surface area contributed by atoms with Gasteiger partial charge in [0.2, 0.25) is 5.91 Å². The Morgan fingerprint density at radius 2 is 1.82 bits per heavy atom. The minimum Gasteiger partial charge on any atom is -0.497 e. The molecule has 1 amide bonds. The van der Waals surface area contributed by atoms with E-state index in [0.29, 0.717) is 34.0 Å². The Labute approximate surface area is 193 Å². The van der Waals surface area contributed by atoms with Crippen molar-refractivity contribution >= 4 is 33.1 Å². The summed E-state index contributed by atoms with van der Waals surface area (Å²) in [6.07, 6.45) is 0. The summed E-state index contributed by atoms with van der Waals surface area (Å²) in [5.41, 5.74) is 0.858. The van der Waals surface area contributed by atoms with E-state index >= 15 is 0 Å². The molecule has 170 valence electrons. The first-order valence-electron chi connectivity index (χ1n) is 10.4. The number of nitrogens with zero attached hydrogens (tertiary/aromatic N) is 2. The lowest BCUT2D eigenvalue weighted by Crippen LogP contribution is -2.41. The topological polar surface area (TPSA) is 91.6 Å². The van der Waals surface area contributed by atoms with Crippen molar-refractivity contribution in [2.75, 3.05) is 19.0 Å². The second-order valence-corrected chi connectivity index (χ2v) is 8.17. The molecule has 0 radical (unpaired) electrons. The van der Waals surface area contributed by atoms with Gasteiger partial charge in [0, 0.05) is 5.69 Å². The van der Waals surface area contributed by atoms with Crippen LogP contribution in [0, 0.1) is 0 Å². The fourth-order valence-corrected chi connectivity index (χ4v) is 4.37. The van der Waals surface area contributed by atoms with E-state index in [-0.39, 0.29) is 24.6 Å². The third-order valence-corrected chi connectivity index (χ3v) is 5.95. The van der Waals surface area contributed by atoms with Crippen molar-refractivity contribution in [3.8, 4) is 11.5 Å². The molecule has 0 saturated carbocycles. The number of rotatable bonds is 8. The van der Waals surface area contributed by atoms with Crippen LogP contribution in [0.3, 0.4) is 0 Å². The van der Waals surface area contributed by atoms with Gasteiger partial charge in [-0.15, -0.1) is 11.3 Å². The first-order valence-corrected chi connectivity index (χ1v) is 11.2. The van der Waals surface area contributed by atoms with Gasteiger partial charge in [0.1, 0.15) is 22.7 Å². The molecule has 0 fully saturated rings. The number of aromatic nitrogens is 2. The number of methoxy groups -OCH3 is 1. The number of hydrogen-bond donors (Lipinski definition) is 1. The summed E-state index contributed by atoms with van der Waals surface area (Å²) >= 11 is 1.24. The van der Waals surface area contributed by atoms with Crippen LogP contribution in [0.15, 0.2) is 69.6 Å². The molecule has 33 heavy (non-hydrogen) atoms. The van der Waals surface area contributed by atoms with E-state index in [9.17, 15) is 14.4 Å². The number of benzene rings is 2. The van der Waals surface area contributed by atoms with Gasteiger partial charge in [0.05, 0.1) is 25.8 Å². The quantitative estimate of drug-likeness (QED) is 0.431. The summed E-state index contributed by atoms with van der Waals surface area (Å²) in [6.45, 7) is 2.25. The molecule has 2 aromatic carbocycles. The Hall–Kier alpha value is -3.85. The van der Waals surface area contributed by atoms with Crippen molar-refractivity contribution in [1.82, 2.24) is 9.13 Å². The SMILES string of the molecule is CCOc1cccc(Cn2c(=O)c3sccc3n(CC(=O)Nc3ccc(OC)cc3)c2=O)c1. The van der Waals surface area contributed by atoms with Gasteiger partial charge in [0.15, 0.2) is 0 Å². The fraction of sp³-hybridized carbons (Fsp3) is 0.208. The van der Waals surface area contributed by atoms with Gasteiger partial charge in [-0.05, 0) is 60.3 Å². The summed E-state index contributed by atoms with van der Waals surface area (Å²) in [7, 11) is 1.56. The van der Waals surface area contributed by atoms with E-state index in [1.165, 1.54) is 15.9 Å². The second kappa shape index (κ2) is 9.74. The molecule has 0 aliphatic rings. The van der Waals surface area contributed by atoms with Crippen molar-refractivity contribution < 1.29 is 14.3 Å². The number of carbonyl (C=O) groups is 1. The molecular weight excluding hydrogens is 442 g/mol. The molecule has 0 saturated heterocycles. The van der Waals surface area contributed by atoms with Crippen molar-refractivity contribution in [2.24, 2.45) is 0 Å². The number of anilines is 1. The Bertz CT molecular complexity index is 1400. The van der Waals surface area contributed by atoms with Gasteiger partial charge in [-0.1, -0.05) is 12.1 Å². The van der Waals surface area contributed by atoms with Crippen LogP contribution in [0.1, 0.15) is 12.5 Å². The molecule has 0 aliphatic heterocycles. The molecule has 2 aromatic heterocycles. The normalized spacial score (nSPS) is 10.8. The molecule has 0 bridgehead atoms. The Morgan fingerprint density at radius 3 is 2.55 bits per heavy atom. The van der Waals surface area contributed by atoms with E-state index in [2.05, 4.69) is 5.32 Å². The molecule has 0 spiro atoms. The van der Waals surface area contributed by atoms with Crippen LogP contribution in [0.25, 0.3) is 10.2 Å². The van der Waals surface area contributed by atoms with Gasteiger partial charge in [-0.2, -0.15) is 0 Å². The van der Waals surface area contributed by atoms with Gasteiger partial charge in [-0.25, -0.2) is 4.79 Å². The number of amides is 1. The lowest BCUT2D eigenvalue weighted by atomic mass is 10.2. The fourth-order valence-electron chi connectivity index (χ4n) is 3.53. The summed E-state index contributed by atoms with van der Waals surface area (Å²) < 4.78 is 13.6. The van der Waals surface area contributed by atoms with Crippen LogP contribution in [-0.2, 0) is 17.9 Å². The maximum absolute atomic E-state index is 13.3. The number of hydrogen-bond acceptors (Lipinski definition) is 6. The molecule has 8 nitrogen and oxygen atoms in total. The molecular formula is C24H23N3O5S. The maximum atomic E-state index is 13.3. The Balaban J connectivity index is 1.66. The van der Waals surface area contributed by atoms with Gasteiger partial charge >= 0.3 is 5.69 Å². The van der Waals surface area contributed by atoms with Crippen LogP contribution in [0.2, 0.25) is 0 Å². The number of thiophene rings is 1. The summed E-state index contributed by atoms with van der Waals surface area (Å²) in [6, 6.07) is 15.8. The summed E-state index contributed by atoms with van der Waals surface area (Å²) in [5.74, 6) is 0.961. The third-order valence-electron chi connectivity index (χ3n) is 5.06. The second-order valence-electron chi connectivity index (χ2n) is 7.25. The summed E-state index contributed by atoms with van der Waals surface area (Å²) in [4.78, 5) is 39.0. The molecule has 2 heterocycles. The Morgan fingerprint density at radius 1 is 1.03 bits per heavy atom. The predicted octanol–water partition coefficient (Wildman–Crippen LogP) is 3.32. The lowest BCUT2D eigenvalue weighted by molar-refractivity contribution is -0.116. The van der Waals surface area contributed by atoms with Crippen LogP contribution in [0.5, 0.6) is 11.5 Å². The van der Waals surface area contributed by atoms with Crippen LogP contribution >= 0.6 is 11.3 Å². The average molecular weight is 466 g/mol. The smallest absolute Gasteiger partial charge is 0.332 e. The molecule has 4 rings (SSSR count). The number of nitrogens with one attached hydrogen (secondary N) is 1. The van der Waals surface area contributed by atoms with E-state index < -0.39 is 5.69 Å². The molecule has 0 unspecified atom stereocenters. The van der Waals surface area contributed by atoms with Crippen LogP contribution in [-0.4, -0.2) is 28.8 Å². The highest BCUT2D eigenvalue weighted by Crippen LogP contribution is 2.18. The molecule has 0 aliphatic carbocycles. The molecule has 0 atom stereocenters. The zero-order chi connectivity index (χ0) is 23.4. The van der Waals surface area contributed by atoms with Crippen molar-refractivity contribution in [2.45, 2.75) is 20.0 Å². The number of fused-ring (bicyclic) bond motifs is 1. The largest absolute Gasteiger partial charge is 0.497 e. The van der Waals surface area contributed by atoms with E-state index in [0.717, 1.165) is 10.1 Å². The zero-order valence-electron chi connectivity index (χ0n) is 18.2. The predicted molar refractivity (Wildman–Crippen MR) is 129 cm³/mol. The van der Waals surface area contributed by atoms with E-state index in [1.807, 2.05) is 25.1 Å². The summed E-state index contributed by atoms with van der Waals surface area (Å²) in [5, 5.41) is 4.52. The number of ether oxygens (including phenoxy) is 2. The van der Waals surface area contributed by atoms with Crippen LogP contribution in [0.4, 0.5) is 5.69 Å². The zero-order valence-corrected chi connectivity index (χ0v) is 19.1. The van der Waals surface area contributed by atoms with Gasteiger partial charge < -0.3 is 14.8 Å². The van der Waals surface area contributed by atoms with E-state index in [4.69, 9.17) is 9.47 Å². The van der Waals surface area contributed by atoms with Crippen molar-refractivity contribution in [3.63, 3.8) is 0 Å². The molecule has 9 heteroatoms. The highest BCUT2D eigenvalue weighted by atomic mass is 32.1. The lowest BCUT2D eigenvalue weighted by Gasteiger charge is -2.13. The third kappa shape index (κ3) is 4.83. The minimum absolute atomic E-state index is 0.0759. The van der Waals surface area contributed by atoms with Crippen molar-refractivity contribution in [1.29, 1.82) is 0 Å². The monoisotopic (exact) mass is 465 g/mol. The Kier molecular flexibility index (Phi) is 6.60. The highest BCUT2D eigenvalue weighted by molar-refractivity contribution is 7.17. The van der Waals surface area contributed by atoms with Crippen molar-refractivity contribution in [3.05, 3.63) is 86.4 Å². The average Bonchev–Trinajstić information content (AvgIpc) is 3.31. The molecule has 4 aromatic rings.